The number of likely N-dealkylation sites (N-methyl/N-ethyl adjacent to an activating group) is 1. The lowest BCUT2D eigenvalue weighted by Crippen LogP contribution is -2.27. The number of esters is 1. The van der Waals surface area contributed by atoms with Crippen LogP contribution in [0.2, 0.25) is 5.02 Å². The fourth-order valence-electron chi connectivity index (χ4n) is 2.40. The standard InChI is InChI=1S/C20H23ClN2O2S2/c1-14(24)25-9-10-27-18-7-8-19(21)15(11-18)12-20(22)23(2)16-5-4-6-17(13-16)26-3/h4-8,11,13,22H,9-10,12H2,1-3H3. The Morgan fingerprint density at radius 1 is 1.22 bits per heavy atom. The number of nitrogens with zero attached hydrogens (tertiary/aromatic N) is 1. The van der Waals surface area contributed by atoms with E-state index >= 15 is 0 Å². The van der Waals surface area contributed by atoms with Crippen LogP contribution in [0, 0.1) is 5.41 Å². The summed E-state index contributed by atoms with van der Waals surface area (Å²) in [6.07, 6.45) is 2.48. The van der Waals surface area contributed by atoms with Crippen molar-refractivity contribution in [3.8, 4) is 0 Å². The van der Waals surface area contributed by atoms with Gasteiger partial charge in [-0.05, 0) is 48.2 Å². The van der Waals surface area contributed by atoms with Gasteiger partial charge in [-0.25, -0.2) is 0 Å². The van der Waals surface area contributed by atoms with Gasteiger partial charge in [-0.1, -0.05) is 17.7 Å². The monoisotopic (exact) mass is 422 g/mol. The van der Waals surface area contributed by atoms with E-state index in [0.29, 0.717) is 29.6 Å². The normalized spacial score (nSPS) is 10.5. The van der Waals surface area contributed by atoms with Crippen molar-refractivity contribution in [3.63, 3.8) is 0 Å². The van der Waals surface area contributed by atoms with E-state index in [1.807, 2.05) is 48.5 Å². The number of thioether (sulfide) groups is 2. The summed E-state index contributed by atoms with van der Waals surface area (Å²) in [4.78, 5) is 14.9. The van der Waals surface area contributed by atoms with Crippen molar-refractivity contribution in [1.29, 1.82) is 5.41 Å². The number of halogens is 1. The number of hydrogen-bond donors (Lipinski definition) is 1. The molecule has 1 N–H and O–H groups in total. The highest BCUT2D eigenvalue weighted by molar-refractivity contribution is 7.99. The number of hydrogen-bond acceptors (Lipinski definition) is 5. The number of rotatable bonds is 8. The van der Waals surface area contributed by atoms with Gasteiger partial charge in [0.15, 0.2) is 0 Å². The SMILES string of the molecule is CSc1cccc(N(C)C(=N)Cc2cc(SCCOC(C)=O)ccc2Cl)c1. The molecule has 0 aromatic heterocycles. The third-order valence-corrected chi connectivity index (χ3v) is 5.93. The zero-order valence-corrected chi connectivity index (χ0v) is 18.0. The van der Waals surface area contributed by atoms with Gasteiger partial charge in [0, 0.05) is 46.6 Å². The van der Waals surface area contributed by atoms with Gasteiger partial charge in [0.1, 0.15) is 12.4 Å². The predicted octanol–water partition coefficient (Wildman–Crippen LogP) is 5.37. The molecule has 0 aliphatic heterocycles. The molecule has 2 rings (SSSR count). The Balaban J connectivity index is 2.03. The highest BCUT2D eigenvalue weighted by Crippen LogP contribution is 2.27. The van der Waals surface area contributed by atoms with Gasteiger partial charge in [-0.15, -0.1) is 23.5 Å². The Labute approximate surface area is 174 Å². The molecule has 0 saturated heterocycles. The minimum Gasteiger partial charge on any atom is -0.465 e. The van der Waals surface area contributed by atoms with Crippen molar-refractivity contribution < 1.29 is 9.53 Å². The number of anilines is 1. The summed E-state index contributed by atoms with van der Waals surface area (Å²) < 4.78 is 4.95. The maximum atomic E-state index is 10.8. The maximum Gasteiger partial charge on any atom is 0.302 e. The highest BCUT2D eigenvalue weighted by atomic mass is 35.5. The minimum atomic E-state index is -0.269. The molecule has 7 heteroatoms. The molecule has 4 nitrogen and oxygen atoms in total. The molecular weight excluding hydrogens is 400 g/mol. The van der Waals surface area contributed by atoms with E-state index in [-0.39, 0.29) is 5.97 Å². The number of nitrogens with one attached hydrogen (secondary N) is 1. The molecule has 0 spiro atoms. The molecule has 0 atom stereocenters. The summed E-state index contributed by atoms with van der Waals surface area (Å²) in [5, 5.41) is 9.12. The summed E-state index contributed by atoms with van der Waals surface area (Å²) >= 11 is 9.62. The first-order valence-electron chi connectivity index (χ1n) is 8.40. The van der Waals surface area contributed by atoms with Crippen LogP contribution in [0.1, 0.15) is 12.5 Å². The first-order chi connectivity index (χ1) is 12.9. The van der Waals surface area contributed by atoms with Crippen molar-refractivity contribution in [1.82, 2.24) is 0 Å². The van der Waals surface area contributed by atoms with Crippen molar-refractivity contribution in [3.05, 3.63) is 53.1 Å². The average Bonchev–Trinajstić information content (AvgIpc) is 2.66. The van der Waals surface area contributed by atoms with Crippen LogP contribution >= 0.6 is 35.1 Å². The smallest absolute Gasteiger partial charge is 0.302 e. The molecule has 0 saturated carbocycles. The van der Waals surface area contributed by atoms with Crippen LogP contribution in [0.5, 0.6) is 0 Å². The van der Waals surface area contributed by atoms with Crippen molar-refractivity contribution >= 4 is 52.6 Å². The van der Waals surface area contributed by atoms with Gasteiger partial charge in [0.05, 0.1) is 0 Å². The van der Waals surface area contributed by atoms with Gasteiger partial charge in [-0.2, -0.15) is 0 Å². The van der Waals surface area contributed by atoms with E-state index in [1.54, 1.807) is 23.5 Å². The number of carbonyl (C=O) groups is 1. The van der Waals surface area contributed by atoms with Gasteiger partial charge in [0.25, 0.3) is 0 Å². The molecule has 0 heterocycles. The second-order valence-corrected chi connectivity index (χ2v) is 8.28. The first-order valence-corrected chi connectivity index (χ1v) is 11.0. The summed E-state index contributed by atoms with van der Waals surface area (Å²) in [5.41, 5.74) is 1.89. The molecule has 2 aromatic carbocycles. The molecule has 0 aliphatic carbocycles. The van der Waals surface area contributed by atoms with E-state index in [0.717, 1.165) is 21.0 Å². The van der Waals surface area contributed by atoms with Crippen LogP contribution in [-0.4, -0.2) is 37.5 Å². The number of amidine groups is 1. The van der Waals surface area contributed by atoms with Crippen molar-refractivity contribution in [2.24, 2.45) is 0 Å². The van der Waals surface area contributed by atoms with Crippen molar-refractivity contribution in [2.45, 2.75) is 23.1 Å². The summed E-state index contributed by atoms with van der Waals surface area (Å²) in [5.74, 6) is 0.881. The summed E-state index contributed by atoms with van der Waals surface area (Å²) in [7, 11) is 1.90. The average molecular weight is 423 g/mol. The molecule has 0 radical (unpaired) electrons. The largest absolute Gasteiger partial charge is 0.465 e. The van der Waals surface area contributed by atoms with E-state index in [4.69, 9.17) is 21.7 Å². The van der Waals surface area contributed by atoms with Gasteiger partial charge in [0.2, 0.25) is 0 Å². The van der Waals surface area contributed by atoms with Gasteiger partial charge >= 0.3 is 5.97 Å². The van der Waals surface area contributed by atoms with Crippen LogP contribution in [0.4, 0.5) is 5.69 Å². The minimum absolute atomic E-state index is 0.269. The van der Waals surface area contributed by atoms with E-state index in [2.05, 4.69) is 12.1 Å². The Bertz CT molecular complexity index is 814. The molecule has 144 valence electrons. The van der Waals surface area contributed by atoms with Crippen LogP contribution in [0.15, 0.2) is 52.3 Å². The lowest BCUT2D eigenvalue weighted by molar-refractivity contribution is -0.140. The Kier molecular flexibility index (Phi) is 8.54. The van der Waals surface area contributed by atoms with Crippen LogP contribution in [0.25, 0.3) is 0 Å². The Hall–Kier alpha value is -1.63. The Morgan fingerprint density at radius 2 is 2.00 bits per heavy atom. The summed E-state index contributed by atoms with van der Waals surface area (Å²) in [6, 6.07) is 13.9. The lowest BCUT2D eigenvalue weighted by Gasteiger charge is -2.21. The number of carbonyl (C=O) groups excluding carboxylic acids is 1. The molecular formula is C20H23ClN2O2S2. The molecule has 0 fully saturated rings. The topological polar surface area (TPSA) is 53.4 Å². The van der Waals surface area contributed by atoms with E-state index < -0.39 is 0 Å². The molecule has 0 aliphatic rings. The predicted molar refractivity (Wildman–Crippen MR) is 117 cm³/mol. The zero-order valence-electron chi connectivity index (χ0n) is 15.6. The number of benzene rings is 2. The first kappa shape index (κ1) is 21.7. The lowest BCUT2D eigenvalue weighted by atomic mass is 10.1. The molecule has 0 unspecified atom stereocenters. The van der Waals surface area contributed by atoms with Crippen molar-refractivity contribution in [2.75, 3.05) is 30.6 Å². The number of ether oxygens (including phenoxy) is 1. The molecule has 27 heavy (non-hydrogen) atoms. The molecule has 0 bridgehead atoms. The van der Waals surface area contributed by atoms with Crippen LogP contribution < -0.4 is 4.90 Å². The molecule has 2 aromatic rings. The van der Waals surface area contributed by atoms with Crippen LogP contribution in [0.3, 0.4) is 0 Å². The second kappa shape index (κ2) is 10.6. The zero-order chi connectivity index (χ0) is 19.8. The molecule has 0 amide bonds. The maximum absolute atomic E-state index is 10.8. The van der Waals surface area contributed by atoms with E-state index in [9.17, 15) is 4.79 Å². The quantitative estimate of drug-likeness (QED) is 0.203. The third kappa shape index (κ3) is 6.79. The highest BCUT2D eigenvalue weighted by Gasteiger charge is 2.12. The van der Waals surface area contributed by atoms with E-state index in [1.165, 1.54) is 6.92 Å². The van der Waals surface area contributed by atoms with Gasteiger partial charge < -0.3 is 9.64 Å². The Morgan fingerprint density at radius 3 is 2.70 bits per heavy atom. The summed E-state index contributed by atoms with van der Waals surface area (Å²) in [6.45, 7) is 1.78. The van der Waals surface area contributed by atoms with Gasteiger partial charge in [-0.3, -0.25) is 10.2 Å². The second-order valence-electron chi connectivity index (χ2n) is 5.83. The fraction of sp³-hybridized carbons (Fsp3) is 0.300. The van der Waals surface area contributed by atoms with Crippen LogP contribution in [-0.2, 0) is 16.0 Å². The fourth-order valence-corrected chi connectivity index (χ4v) is 3.83. The third-order valence-electron chi connectivity index (χ3n) is 3.88.